The molecule has 1 aliphatic rings. The number of aliphatic hydroxyl groups excluding tert-OH is 1. The Morgan fingerprint density at radius 2 is 2.19 bits per heavy atom. The molecule has 2 N–H and O–H groups in total. The van der Waals surface area contributed by atoms with Crippen molar-refractivity contribution < 1.29 is 23.4 Å². The number of rotatable bonds is 4. The average molecular weight is 314 g/mol. The summed E-state index contributed by atoms with van der Waals surface area (Å²) >= 11 is 0. The Morgan fingerprint density at radius 3 is 2.67 bits per heavy atom. The van der Waals surface area contributed by atoms with Gasteiger partial charge in [-0.3, -0.25) is 4.79 Å². The van der Waals surface area contributed by atoms with Crippen LogP contribution in [0, 0.1) is 5.92 Å². The summed E-state index contributed by atoms with van der Waals surface area (Å²) in [5.41, 5.74) is 0.599. The topological polar surface area (TPSA) is 108 Å². The highest BCUT2D eigenvalue weighted by Crippen LogP contribution is 2.22. The molecule has 2 heterocycles. The lowest BCUT2D eigenvalue weighted by atomic mass is 9.94. The molecule has 2 rings (SSSR count). The van der Waals surface area contributed by atoms with Gasteiger partial charge in [0, 0.05) is 25.5 Å². The number of aliphatic hydroxyl groups is 1. The number of hydrogen-bond donors (Lipinski definition) is 2. The molecule has 0 unspecified atom stereocenters. The third-order valence-electron chi connectivity index (χ3n) is 3.46. The monoisotopic (exact) mass is 314 g/mol. The van der Waals surface area contributed by atoms with Crippen molar-refractivity contribution in [3.8, 4) is 0 Å². The van der Waals surface area contributed by atoms with E-state index in [4.69, 9.17) is 5.11 Å². The van der Waals surface area contributed by atoms with Gasteiger partial charge >= 0.3 is 5.97 Å². The predicted molar refractivity (Wildman–Crippen MR) is 76.7 cm³/mol. The van der Waals surface area contributed by atoms with Crippen molar-refractivity contribution in [2.24, 2.45) is 5.92 Å². The molecular formula is C13H18N2O5S. The zero-order valence-corrected chi connectivity index (χ0v) is 12.5. The van der Waals surface area contributed by atoms with Crippen molar-refractivity contribution in [1.82, 2.24) is 4.98 Å². The van der Waals surface area contributed by atoms with Crippen LogP contribution in [0.1, 0.15) is 12.0 Å². The standard InChI is InChI=1S/C13H18N2O5S/c1-21(19,20)8-9-2-3-12(14-6-9)15-5-4-10(13(17)18)11(16)7-15/h2-3,6,10-11,16H,4-5,7-8H2,1H3,(H,17,18)/t10-,11+/m0/s1. The number of carboxylic acids is 1. The van der Waals surface area contributed by atoms with E-state index in [1.165, 1.54) is 6.20 Å². The molecule has 0 bridgehead atoms. The molecule has 2 atom stereocenters. The lowest BCUT2D eigenvalue weighted by Gasteiger charge is -2.34. The van der Waals surface area contributed by atoms with Gasteiger partial charge in [0.1, 0.15) is 5.82 Å². The van der Waals surface area contributed by atoms with Crippen LogP contribution < -0.4 is 4.90 Å². The predicted octanol–water partition coefficient (Wildman–Crippen LogP) is -0.102. The second kappa shape index (κ2) is 5.98. The van der Waals surface area contributed by atoms with E-state index < -0.39 is 27.8 Å². The maximum absolute atomic E-state index is 11.2. The number of β-amino-alcohol motifs (C(OH)–C–C–N with tert-alkyl or cyclic N) is 1. The summed E-state index contributed by atoms with van der Waals surface area (Å²) in [6, 6.07) is 3.37. The summed E-state index contributed by atoms with van der Waals surface area (Å²) in [5.74, 6) is -1.19. The van der Waals surface area contributed by atoms with Crippen LogP contribution in [0.3, 0.4) is 0 Å². The van der Waals surface area contributed by atoms with Gasteiger partial charge in [-0.15, -0.1) is 0 Å². The van der Waals surface area contributed by atoms with Gasteiger partial charge in [-0.1, -0.05) is 6.07 Å². The Kier molecular flexibility index (Phi) is 4.48. The first kappa shape index (κ1) is 15.7. The minimum absolute atomic E-state index is 0.0655. The highest BCUT2D eigenvalue weighted by Gasteiger charge is 2.33. The van der Waals surface area contributed by atoms with Crippen LogP contribution in [0.15, 0.2) is 18.3 Å². The van der Waals surface area contributed by atoms with E-state index in [1.54, 1.807) is 17.0 Å². The van der Waals surface area contributed by atoms with Crippen molar-refractivity contribution in [2.45, 2.75) is 18.3 Å². The quantitative estimate of drug-likeness (QED) is 0.799. The van der Waals surface area contributed by atoms with Gasteiger partial charge in [0.25, 0.3) is 0 Å². The SMILES string of the molecule is CS(=O)(=O)Cc1ccc(N2CC[C@H](C(=O)O)[C@H](O)C2)nc1. The minimum atomic E-state index is -3.10. The smallest absolute Gasteiger partial charge is 0.309 e. The first-order valence-corrected chi connectivity index (χ1v) is 8.61. The molecule has 116 valence electrons. The van der Waals surface area contributed by atoms with Gasteiger partial charge in [-0.2, -0.15) is 0 Å². The molecule has 1 fully saturated rings. The lowest BCUT2D eigenvalue weighted by Crippen LogP contribution is -2.46. The normalized spacial score (nSPS) is 23.0. The van der Waals surface area contributed by atoms with E-state index in [-0.39, 0.29) is 12.3 Å². The maximum Gasteiger partial charge on any atom is 0.309 e. The van der Waals surface area contributed by atoms with Crippen molar-refractivity contribution >= 4 is 21.6 Å². The van der Waals surface area contributed by atoms with Gasteiger partial charge in [0.2, 0.25) is 0 Å². The second-order valence-corrected chi connectivity index (χ2v) is 7.48. The number of hydrogen-bond acceptors (Lipinski definition) is 6. The Hall–Kier alpha value is -1.67. The van der Waals surface area contributed by atoms with Gasteiger partial charge in [-0.05, 0) is 18.1 Å². The van der Waals surface area contributed by atoms with E-state index in [0.29, 0.717) is 24.3 Å². The molecule has 0 spiro atoms. The number of anilines is 1. The fourth-order valence-electron chi connectivity index (χ4n) is 2.42. The fourth-order valence-corrected chi connectivity index (χ4v) is 3.20. The number of sulfone groups is 1. The van der Waals surface area contributed by atoms with Crippen LogP contribution in [-0.2, 0) is 20.4 Å². The van der Waals surface area contributed by atoms with Crippen LogP contribution in [-0.4, -0.2) is 55.0 Å². The van der Waals surface area contributed by atoms with Crippen molar-refractivity contribution in [3.63, 3.8) is 0 Å². The van der Waals surface area contributed by atoms with Crippen LogP contribution in [0.2, 0.25) is 0 Å². The van der Waals surface area contributed by atoms with E-state index in [1.807, 2.05) is 0 Å². The molecule has 0 amide bonds. The summed E-state index contributed by atoms with van der Waals surface area (Å²) in [6.45, 7) is 0.696. The summed E-state index contributed by atoms with van der Waals surface area (Å²) < 4.78 is 22.4. The number of piperidine rings is 1. The van der Waals surface area contributed by atoms with Crippen molar-refractivity contribution in [3.05, 3.63) is 23.9 Å². The third kappa shape index (κ3) is 4.15. The number of carbonyl (C=O) groups is 1. The summed E-state index contributed by atoms with van der Waals surface area (Å²) in [5, 5.41) is 18.8. The van der Waals surface area contributed by atoms with Crippen LogP contribution in [0.5, 0.6) is 0 Å². The molecule has 8 heteroatoms. The molecule has 0 saturated carbocycles. The molecule has 7 nitrogen and oxygen atoms in total. The molecule has 0 aromatic carbocycles. The summed E-state index contributed by atoms with van der Waals surface area (Å²) in [6.07, 6.45) is 2.07. The van der Waals surface area contributed by atoms with Gasteiger partial charge in [0.05, 0.1) is 17.8 Å². The zero-order valence-electron chi connectivity index (χ0n) is 11.6. The van der Waals surface area contributed by atoms with Crippen LogP contribution in [0.4, 0.5) is 5.82 Å². The molecule has 1 aromatic rings. The van der Waals surface area contributed by atoms with E-state index in [9.17, 15) is 18.3 Å². The summed E-state index contributed by atoms with van der Waals surface area (Å²) in [7, 11) is -3.10. The molecule has 1 aromatic heterocycles. The maximum atomic E-state index is 11.2. The molecule has 1 aliphatic heterocycles. The molecule has 1 saturated heterocycles. The zero-order chi connectivity index (χ0) is 15.6. The Morgan fingerprint density at radius 1 is 1.48 bits per heavy atom. The molecule has 0 aliphatic carbocycles. The summed E-state index contributed by atoms with van der Waals surface area (Å²) in [4.78, 5) is 16.9. The molecule has 0 radical (unpaired) electrons. The van der Waals surface area contributed by atoms with Crippen molar-refractivity contribution in [2.75, 3.05) is 24.2 Å². The first-order valence-electron chi connectivity index (χ1n) is 6.55. The van der Waals surface area contributed by atoms with Gasteiger partial charge in [0.15, 0.2) is 9.84 Å². The first-order chi connectivity index (χ1) is 9.76. The third-order valence-corrected chi connectivity index (χ3v) is 4.32. The number of carboxylic acid groups (broad SMARTS) is 1. The highest BCUT2D eigenvalue weighted by molar-refractivity contribution is 7.89. The second-order valence-electron chi connectivity index (χ2n) is 5.34. The number of aliphatic carboxylic acids is 1. The fraction of sp³-hybridized carbons (Fsp3) is 0.538. The Labute approximate surface area is 123 Å². The van der Waals surface area contributed by atoms with E-state index in [2.05, 4.69) is 4.98 Å². The van der Waals surface area contributed by atoms with E-state index in [0.717, 1.165) is 6.26 Å². The average Bonchev–Trinajstić information content (AvgIpc) is 2.37. The van der Waals surface area contributed by atoms with Gasteiger partial charge in [-0.25, -0.2) is 13.4 Å². The highest BCUT2D eigenvalue weighted by atomic mass is 32.2. The van der Waals surface area contributed by atoms with Crippen molar-refractivity contribution in [1.29, 1.82) is 0 Å². The van der Waals surface area contributed by atoms with Gasteiger partial charge < -0.3 is 15.1 Å². The van der Waals surface area contributed by atoms with Crippen LogP contribution in [0.25, 0.3) is 0 Å². The molecule has 21 heavy (non-hydrogen) atoms. The number of aromatic nitrogens is 1. The molecular weight excluding hydrogens is 296 g/mol. The number of pyridine rings is 1. The number of nitrogens with zero attached hydrogens (tertiary/aromatic N) is 2. The largest absolute Gasteiger partial charge is 0.481 e. The minimum Gasteiger partial charge on any atom is -0.481 e. The Bertz CT molecular complexity index is 614. The lowest BCUT2D eigenvalue weighted by molar-refractivity contribution is -0.146. The Balaban J connectivity index is 2.05. The van der Waals surface area contributed by atoms with E-state index >= 15 is 0 Å². The van der Waals surface area contributed by atoms with Crippen LogP contribution >= 0.6 is 0 Å².